The van der Waals surface area contributed by atoms with Gasteiger partial charge in [0.2, 0.25) is 0 Å². The molecule has 1 amide bonds. The number of piperidine rings is 1. The average molecular weight is 282 g/mol. The summed E-state index contributed by atoms with van der Waals surface area (Å²) in [6.45, 7) is 5.05. The van der Waals surface area contributed by atoms with E-state index in [1.165, 1.54) is 0 Å². The number of hydrogen-bond acceptors (Lipinski definition) is 2. The Balaban J connectivity index is 2.01. The van der Waals surface area contributed by atoms with Gasteiger partial charge in [0.05, 0.1) is 17.2 Å². The zero-order valence-electron chi connectivity index (χ0n) is 11.3. The molecule has 19 heavy (non-hydrogen) atoms. The fraction of sp³-hybridized carbons (Fsp3) is 0.533. The van der Waals surface area contributed by atoms with Gasteiger partial charge in [0.15, 0.2) is 0 Å². The summed E-state index contributed by atoms with van der Waals surface area (Å²) in [4.78, 5) is 14.3. The van der Waals surface area contributed by atoms with Crippen LogP contribution in [0.1, 0.15) is 30.1 Å². The third kappa shape index (κ3) is 3.71. The number of carbonyl (C=O) groups excluding carboxylic acids is 1. The number of nitrogens with zero attached hydrogens (tertiary/aromatic N) is 1. The third-order valence-corrected chi connectivity index (χ3v) is 3.80. The number of ether oxygens (including phenoxy) is 1. The minimum atomic E-state index is 0.0341. The van der Waals surface area contributed by atoms with Crippen molar-refractivity contribution in [2.45, 2.75) is 19.8 Å². The number of hydrogen-bond donors (Lipinski definition) is 0. The highest BCUT2D eigenvalue weighted by Crippen LogP contribution is 2.22. The van der Waals surface area contributed by atoms with Crippen molar-refractivity contribution in [1.82, 2.24) is 4.90 Å². The molecule has 0 spiro atoms. The number of rotatable bonds is 4. The molecule has 1 atom stereocenters. The summed E-state index contributed by atoms with van der Waals surface area (Å²) in [5.74, 6) is 0.479. The number of amides is 1. The van der Waals surface area contributed by atoms with Crippen LogP contribution in [0.15, 0.2) is 24.3 Å². The van der Waals surface area contributed by atoms with Crippen LogP contribution in [-0.2, 0) is 4.74 Å². The topological polar surface area (TPSA) is 29.5 Å². The summed E-state index contributed by atoms with van der Waals surface area (Å²) in [5, 5.41) is 0.527. The van der Waals surface area contributed by atoms with E-state index in [1.54, 1.807) is 12.1 Å². The largest absolute Gasteiger partial charge is 0.381 e. The first kappa shape index (κ1) is 14.4. The van der Waals surface area contributed by atoms with Gasteiger partial charge in [0, 0.05) is 19.7 Å². The Morgan fingerprint density at radius 3 is 3.00 bits per heavy atom. The lowest BCUT2D eigenvalue weighted by molar-refractivity contribution is 0.0501. The van der Waals surface area contributed by atoms with Gasteiger partial charge in [-0.2, -0.15) is 0 Å². The van der Waals surface area contributed by atoms with Crippen molar-refractivity contribution >= 4 is 17.5 Å². The third-order valence-electron chi connectivity index (χ3n) is 3.47. The molecule has 2 rings (SSSR count). The molecular weight excluding hydrogens is 262 g/mol. The van der Waals surface area contributed by atoms with Gasteiger partial charge < -0.3 is 9.64 Å². The Morgan fingerprint density at radius 2 is 2.26 bits per heavy atom. The van der Waals surface area contributed by atoms with Crippen LogP contribution in [0.4, 0.5) is 0 Å². The van der Waals surface area contributed by atoms with Crippen molar-refractivity contribution in [3.05, 3.63) is 34.9 Å². The molecule has 0 radical (unpaired) electrons. The van der Waals surface area contributed by atoms with Crippen LogP contribution in [0, 0.1) is 5.92 Å². The quantitative estimate of drug-likeness (QED) is 0.848. The maximum atomic E-state index is 12.4. The van der Waals surface area contributed by atoms with Crippen LogP contribution >= 0.6 is 11.6 Å². The van der Waals surface area contributed by atoms with Gasteiger partial charge in [-0.3, -0.25) is 4.79 Å². The lowest BCUT2D eigenvalue weighted by Gasteiger charge is -2.32. The van der Waals surface area contributed by atoms with Crippen LogP contribution in [0.2, 0.25) is 5.02 Å². The van der Waals surface area contributed by atoms with E-state index < -0.39 is 0 Å². The van der Waals surface area contributed by atoms with E-state index in [0.29, 0.717) is 16.5 Å². The second-order valence-corrected chi connectivity index (χ2v) is 5.31. The van der Waals surface area contributed by atoms with Crippen LogP contribution in [0.25, 0.3) is 0 Å². The standard InChI is InChI=1S/C15H20ClNO2/c1-2-19-11-12-6-5-9-17(10-12)15(18)13-7-3-4-8-14(13)16/h3-4,7-8,12H,2,5-6,9-11H2,1H3. The van der Waals surface area contributed by atoms with Gasteiger partial charge in [0.1, 0.15) is 0 Å². The first-order valence-electron chi connectivity index (χ1n) is 6.84. The molecule has 0 bridgehead atoms. The second kappa shape index (κ2) is 6.92. The van der Waals surface area contributed by atoms with Gasteiger partial charge in [-0.15, -0.1) is 0 Å². The molecule has 1 aromatic carbocycles. The molecule has 1 aromatic rings. The monoisotopic (exact) mass is 281 g/mol. The lowest BCUT2D eigenvalue weighted by Crippen LogP contribution is -2.41. The molecule has 1 unspecified atom stereocenters. The van der Waals surface area contributed by atoms with Gasteiger partial charge in [-0.05, 0) is 37.8 Å². The van der Waals surface area contributed by atoms with Crippen molar-refractivity contribution < 1.29 is 9.53 Å². The van der Waals surface area contributed by atoms with Gasteiger partial charge >= 0.3 is 0 Å². The predicted molar refractivity (Wildman–Crippen MR) is 76.6 cm³/mol. The van der Waals surface area contributed by atoms with Crippen LogP contribution in [0.5, 0.6) is 0 Å². The highest BCUT2D eigenvalue weighted by Gasteiger charge is 2.25. The smallest absolute Gasteiger partial charge is 0.255 e. The first-order chi connectivity index (χ1) is 9.22. The summed E-state index contributed by atoms with van der Waals surface area (Å²) in [7, 11) is 0. The highest BCUT2D eigenvalue weighted by atomic mass is 35.5. The molecule has 0 saturated carbocycles. The summed E-state index contributed by atoms with van der Waals surface area (Å²) in [6.07, 6.45) is 2.17. The lowest BCUT2D eigenvalue weighted by atomic mass is 9.98. The zero-order chi connectivity index (χ0) is 13.7. The Bertz CT molecular complexity index is 436. The van der Waals surface area contributed by atoms with E-state index in [4.69, 9.17) is 16.3 Å². The van der Waals surface area contributed by atoms with E-state index in [0.717, 1.165) is 39.1 Å². The van der Waals surface area contributed by atoms with Crippen molar-refractivity contribution in [1.29, 1.82) is 0 Å². The van der Waals surface area contributed by atoms with Crippen molar-refractivity contribution in [3.63, 3.8) is 0 Å². The predicted octanol–water partition coefficient (Wildman–Crippen LogP) is 3.23. The average Bonchev–Trinajstić information content (AvgIpc) is 2.45. The fourth-order valence-electron chi connectivity index (χ4n) is 2.48. The molecule has 0 N–H and O–H groups in total. The Labute approximate surface area is 119 Å². The summed E-state index contributed by atoms with van der Waals surface area (Å²) < 4.78 is 5.47. The summed E-state index contributed by atoms with van der Waals surface area (Å²) in [5.41, 5.74) is 0.598. The second-order valence-electron chi connectivity index (χ2n) is 4.90. The highest BCUT2D eigenvalue weighted by molar-refractivity contribution is 6.33. The molecule has 1 heterocycles. The molecule has 4 heteroatoms. The summed E-state index contributed by atoms with van der Waals surface area (Å²) >= 11 is 6.09. The number of carbonyl (C=O) groups is 1. The van der Waals surface area contributed by atoms with Crippen LogP contribution < -0.4 is 0 Å². The van der Waals surface area contributed by atoms with E-state index >= 15 is 0 Å². The molecule has 1 aliphatic rings. The van der Waals surface area contributed by atoms with E-state index in [-0.39, 0.29) is 5.91 Å². The van der Waals surface area contributed by atoms with Crippen molar-refractivity contribution in [2.24, 2.45) is 5.92 Å². The van der Waals surface area contributed by atoms with Gasteiger partial charge in [-0.25, -0.2) is 0 Å². The van der Waals surface area contributed by atoms with Gasteiger partial charge in [-0.1, -0.05) is 23.7 Å². The fourth-order valence-corrected chi connectivity index (χ4v) is 2.69. The molecule has 1 saturated heterocycles. The minimum Gasteiger partial charge on any atom is -0.381 e. The molecule has 1 aliphatic heterocycles. The molecule has 0 aliphatic carbocycles. The van der Waals surface area contributed by atoms with Crippen LogP contribution in [-0.4, -0.2) is 37.1 Å². The molecule has 1 fully saturated rings. The minimum absolute atomic E-state index is 0.0341. The molecule has 0 aromatic heterocycles. The number of halogens is 1. The van der Waals surface area contributed by atoms with E-state index in [2.05, 4.69) is 0 Å². The zero-order valence-corrected chi connectivity index (χ0v) is 12.0. The number of likely N-dealkylation sites (tertiary alicyclic amines) is 1. The normalized spacial score (nSPS) is 19.5. The molecule has 104 valence electrons. The Kier molecular flexibility index (Phi) is 5.23. The first-order valence-corrected chi connectivity index (χ1v) is 7.21. The maximum absolute atomic E-state index is 12.4. The van der Waals surface area contributed by atoms with Crippen molar-refractivity contribution in [3.8, 4) is 0 Å². The maximum Gasteiger partial charge on any atom is 0.255 e. The van der Waals surface area contributed by atoms with Crippen LogP contribution in [0.3, 0.4) is 0 Å². The Morgan fingerprint density at radius 1 is 1.47 bits per heavy atom. The molecular formula is C15H20ClNO2. The van der Waals surface area contributed by atoms with E-state index in [9.17, 15) is 4.79 Å². The Hall–Kier alpha value is -1.06. The van der Waals surface area contributed by atoms with Gasteiger partial charge in [0.25, 0.3) is 5.91 Å². The number of benzene rings is 1. The molecule has 3 nitrogen and oxygen atoms in total. The SMILES string of the molecule is CCOCC1CCCN(C(=O)c2ccccc2Cl)C1. The van der Waals surface area contributed by atoms with Crippen molar-refractivity contribution in [2.75, 3.05) is 26.3 Å². The van der Waals surface area contributed by atoms with E-state index in [1.807, 2.05) is 24.0 Å². The summed E-state index contributed by atoms with van der Waals surface area (Å²) in [6, 6.07) is 7.24.